The second kappa shape index (κ2) is 7.43. The number of ether oxygens (including phenoxy) is 2. The zero-order valence-corrected chi connectivity index (χ0v) is 14.1. The van der Waals surface area contributed by atoms with Gasteiger partial charge in [0, 0.05) is 23.5 Å². The van der Waals surface area contributed by atoms with E-state index in [1.165, 1.54) is 5.56 Å². The molecule has 0 spiro atoms. The molecular formula is C16H24BrNO2. The summed E-state index contributed by atoms with van der Waals surface area (Å²) in [6, 6.07) is 6.08. The summed E-state index contributed by atoms with van der Waals surface area (Å²) in [6.07, 6.45) is 1.26. The molecule has 0 amide bonds. The first kappa shape index (κ1) is 15.8. The molecule has 0 aliphatic carbocycles. The molecule has 1 aromatic carbocycles. The Morgan fingerprint density at radius 2 is 2.25 bits per heavy atom. The van der Waals surface area contributed by atoms with E-state index < -0.39 is 0 Å². The molecule has 1 aliphatic heterocycles. The molecule has 2 atom stereocenters. The largest absolute Gasteiger partial charge is 0.497 e. The lowest BCUT2D eigenvalue weighted by Gasteiger charge is -2.21. The van der Waals surface area contributed by atoms with Crippen LogP contribution in [-0.2, 0) is 4.74 Å². The number of halogens is 1. The van der Waals surface area contributed by atoms with Crippen LogP contribution in [0.3, 0.4) is 0 Å². The lowest BCUT2D eigenvalue weighted by atomic mass is 9.95. The van der Waals surface area contributed by atoms with Crippen molar-refractivity contribution in [2.24, 2.45) is 11.8 Å². The third-order valence-electron chi connectivity index (χ3n) is 3.68. The summed E-state index contributed by atoms with van der Waals surface area (Å²) in [7, 11) is 1.70. The molecule has 0 bridgehead atoms. The first-order valence-corrected chi connectivity index (χ1v) is 8.07. The predicted molar refractivity (Wildman–Crippen MR) is 85.2 cm³/mol. The first-order chi connectivity index (χ1) is 9.61. The van der Waals surface area contributed by atoms with Gasteiger partial charge in [0.15, 0.2) is 0 Å². The smallest absolute Gasteiger partial charge is 0.119 e. The molecule has 1 aromatic rings. The Balaban J connectivity index is 2.06. The Labute approximate surface area is 130 Å². The normalized spacial score (nSPS) is 22.4. The topological polar surface area (TPSA) is 30.5 Å². The first-order valence-electron chi connectivity index (χ1n) is 7.27. The van der Waals surface area contributed by atoms with Gasteiger partial charge in [-0.05, 0) is 42.6 Å². The average Bonchev–Trinajstić information content (AvgIpc) is 2.87. The van der Waals surface area contributed by atoms with Gasteiger partial charge in [0.1, 0.15) is 5.75 Å². The van der Waals surface area contributed by atoms with E-state index in [1.807, 2.05) is 12.1 Å². The van der Waals surface area contributed by atoms with E-state index in [2.05, 4.69) is 41.2 Å². The van der Waals surface area contributed by atoms with E-state index >= 15 is 0 Å². The van der Waals surface area contributed by atoms with Crippen molar-refractivity contribution in [3.63, 3.8) is 0 Å². The summed E-state index contributed by atoms with van der Waals surface area (Å²) in [5, 5.41) is 3.55. The van der Waals surface area contributed by atoms with E-state index in [1.54, 1.807) is 7.11 Å². The van der Waals surface area contributed by atoms with Crippen LogP contribution in [0, 0.1) is 11.8 Å². The molecular weight excluding hydrogens is 318 g/mol. The van der Waals surface area contributed by atoms with E-state index in [0.29, 0.717) is 11.8 Å². The Morgan fingerprint density at radius 3 is 2.95 bits per heavy atom. The van der Waals surface area contributed by atoms with Crippen molar-refractivity contribution >= 4 is 15.9 Å². The number of benzene rings is 1. The standard InChI is InChI=1S/C16H24BrNO2/c1-11(2)9-18-10-12-6-7-20-16(12)14-8-13(19-3)4-5-15(14)17/h4-5,8,11-12,16,18H,6-7,9-10H2,1-3H3. The number of methoxy groups -OCH3 is 1. The highest BCUT2D eigenvalue weighted by molar-refractivity contribution is 9.10. The molecule has 0 saturated carbocycles. The summed E-state index contributed by atoms with van der Waals surface area (Å²) in [5.41, 5.74) is 1.19. The highest BCUT2D eigenvalue weighted by Gasteiger charge is 2.31. The van der Waals surface area contributed by atoms with Crippen molar-refractivity contribution in [3.05, 3.63) is 28.2 Å². The Hall–Kier alpha value is -0.580. The highest BCUT2D eigenvalue weighted by Crippen LogP contribution is 2.39. The highest BCUT2D eigenvalue weighted by atomic mass is 79.9. The van der Waals surface area contributed by atoms with Crippen molar-refractivity contribution in [1.82, 2.24) is 5.32 Å². The fraction of sp³-hybridized carbons (Fsp3) is 0.625. The molecule has 4 heteroatoms. The van der Waals surface area contributed by atoms with Crippen molar-refractivity contribution < 1.29 is 9.47 Å². The molecule has 1 heterocycles. The molecule has 0 aromatic heterocycles. The SMILES string of the molecule is COc1ccc(Br)c(C2OCCC2CNCC(C)C)c1. The van der Waals surface area contributed by atoms with Gasteiger partial charge in [-0.15, -0.1) is 0 Å². The Kier molecular flexibility index (Phi) is 5.87. The van der Waals surface area contributed by atoms with Gasteiger partial charge in [-0.2, -0.15) is 0 Å². The van der Waals surface area contributed by atoms with Crippen molar-refractivity contribution in [2.45, 2.75) is 26.4 Å². The van der Waals surface area contributed by atoms with E-state index in [0.717, 1.165) is 36.3 Å². The third-order valence-corrected chi connectivity index (χ3v) is 4.41. The van der Waals surface area contributed by atoms with E-state index in [9.17, 15) is 0 Å². The van der Waals surface area contributed by atoms with Crippen LogP contribution in [0.4, 0.5) is 0 Å². The number of hydrogen-bond acceptors (Lipinski definition) is 3. The molecule has 2 rings (SSSR count). The van der Waals surface area contributed by atoms with Crippen LogP contribution >= 0.6 is 15.9 Å². The molecule has 1 N–H and O–H groups in total. The van der Waals surface area contributed by atoms with Crippen molar-refractivity contribution in [2.75, 3.05) is 26.8 Å². The average molecular weight is 342 g/mol. The molecule has 1 saturated heterocycles. The maximum Gasteiger partial charge on any atom is 0.119 e. The maximum atomic E-state index is 5.96. The van der Waals surface area contributed by atoms with E-state index in [-0.39, 0.29) is 6.10 Å². The number of rotatable bonds is 6. The quantitative estimate of drug-likeness (QED) is 0.853. The zero-order valence-electron chi connectivity index (χ0n) is 12.5. The lowest BCUT2D eigenvalue weighted by molar-refractivity contribution is 0.0896. The third kappa shape index (κ3) is 3.96. The van der Waals surface area contributed by atoms with E-state index in [4.69, 9.17) is 9.47 Å². The van der Waals surface area contributed by atoms with Gasteiger partial charge in [0.2, 0.25) is 0 Å². The van der Waals surface area contributed by atoms with Crippen LogP contribution in [-0.4, -0.2) is 26.8 Å². The molecule has 1 fully saturated rings. The number of hydrogen-bond donors (Lipinski definition) is 1. The van der Waals surface area contributed by atoms with Gasteiger partial charge in [-0.25, -0.2) is 0 Å². The second-order valence-corrected chi connectivity index (χ2v) is 6.63. The van der Waals surface area contributed by atoms with Crippen LogP contribution in [0.5, 0.6) is 5.75 Å². The molecule has 3 nitrogen and oxygen atoms in total. The monoisotopic (exact) mass is 341 g/mol. The Morgan fingerprint density at radius 1 is 1.45 bits per heavy atom. The fourth-order valence-corrected chi connectivity index (χ4v) is 3.08. The summed E-state index contributed by atoms with van der Waals surface area (Å²) in [4.78, 5) is 0. The predicted octanol–water partition coefficient (Wildman–Crippen LogP) is 3.78. The summed E-state index contributed by atoms with van der Waals surface area (Å²) in [5.74, 6) is 2.09. The van der Waals surface area contributed by atoms with Crippen molar-refractivity contribution in [1.29, 1.82) is 0 Å². The summed E-state index contributed by atoms with van der Waals surface area (Å²) in [6.45, 7) is 7.36. The maximum absolute atomic E-state index is 5.96. The molecule has 0 radical (unpaired) electrons. The Bertz CT molecular complexity index is 436. The van der Waals surface area contributed by atoms with Gasteiger partial charge >= 0.3 is 0 Å². The van der Waals surface area contributed by atoms with Crippen LogP contribution < -0.4 is 10.1 Å². The zero-order chi connectivity index (χ0) is 14.5. The fourth-order valence-electron chi connectivity index (χ4n) is 2.61. The van der Waals surface area contributed by atoms with Crippen LogP contribution in [0.15, 0.2) is 22.7 Å². The van der Waals surface area contributed by atoms with Crippen LogP contribution in [0.2, 0.25) is 0 Å². The van der Waals surface area contributed by atoms with Gasteiger partial charge < -0.3 is 14.8 Å². The molecule has 1 aliphatic rings. The lowest BCUT2D eigenvalue weighted by Crippen LogP contribution is -2.28. The molecule has 20 heavy (non-hydrogen) atoms. The van der Waals surface area contributed by atoms with Crippen LogP contribution in [0.1, 0.15) is 31.9 Å². The van der Waals surface area contributed by atoms with Crippen LogP contribution in [0.25, 0.3) is 0 Å². The molecule has 2 unspecified atom stereocenters. The minimum absolute atomic E-state index is 0.152. The number of nitrogens with one attached hydrogen (secondary N) is 1. The second-order valence-electron chi connectivity index (χ2n) is 5.78. The summed E-state index contributed by atoms with van der Waals surface area (Å²) < 4.78 is 12.4. The van der Waals surface area contributed by atoms with Gasteiger partial charge in [0.25, 0.3) is 0 Å². The van der Waals surface area contributed by atoms with Gasteiger partial charge in [-0.1, -0.05) is 29.8 Å². The summed E-state index contributed by atoms with van der Waals surface area (Å²) >= 11 is 3.63. The minimum atomic E-state index is 0.152. The molecule has 112 valence electrons. The van der Waals surface area contributed by atoms with Crippen molar-refractivity contribution in [3.8, 4) is 5.75 Å². The van der Waals surface area contributed by atoms with Gasteiger partial charge in [0.05, 0.1) is 13.2 Å². The minimum Gasteiger partial charge on any atom is -0.497 e. The van der Waals surface area contributed by atoms with Gasteiger partial charge in [-0.3, -0.25) is 0 Å².